The van der Waals surface area contributed by atoms with Gasteiger partial charge >= 0.3 is 0 Å². The van der Waals surface area contributed by atoms with Gasteiger partial charge < -0.3 is 15.5 Å². The molecule has 0 radical (unpaired) electrons. The van der Waals surface area contributed by atoms with Crippen molar-refractivity contribution in [1.29, 1.82) is 0 Å². The highest BCUT2D eigenvalue weighted by Crippen LogP contribution is 2.30. The second kappa shape index (κ2) is 9.41. The number of carbonyl (C=O) groups is 2. The molecule has 148 valence electrons. The van der Waals surface area contributed by atoms with Crippen molar-refractivity contribution in [3.8, 4) is 0 Å². The molecule has 0 fully saturated rings. The Kier molecular flexibility index (Phi) is 6.94. The van der Waals surface area contributed by atoms with Gasteiger partial charge in [0.05, 0.1) is 28.8 Å². The third kappa shape index (κ3) is 5.25. The third-order valence-electron chi connectivity index (χ3n) is 4.86. The highest BCUT2D eigenvalue weighted by atomic mass is 35.5. The van der Waals surface area contributed by atoms with Crippen LogP contribution in [0.4, 0.5) is 5.69 Å². The van der Waals surface area contributed by atoms with Crippen molar-refractivity contribution in [2.45, 2.75) is 25.3 Å². The largest absolute Gasteiger partial charge is 0.344 e. The van der Waals surface area contributed by atoms with Crippen LogP contribution in [0, 0.1) is 0 Å². The van der Waals surface area contributed by atoms with E-state index in [1.165, 1.54) is 11.1 Å². The maximum Gasteiger partial charge on any atom is 0.279 e. The van der Waals surface area contributed by atoms with Crippen LogP contribution in [0.3, 0.4) is 0 Å². The predicted octanol–water partition coefficient (Wildman–Crippen LogP) is 2.64. The molecule has 1 aliphatic rings. The zero-order valence-corrected chi connectivity index (χ0v) is 17.2. The molecular weight excluding hydrogens is 397 g/mol. The molecule has 0 heterocycles. The molecule has 5 nitrogen and oxygen atoms in total. The van der Waals surface area contributed by atoms with Crippen molar-refractivity contribution in [2.75, 3.05) is 25.5 Å². The first-order valence-electron chi connectivity index (χ1n) is 9.36. The molecule has 2 aromatic rings. The van der Waals surface area contributed by atoms with E-state index in [1.807, 2.05) is 19.2 Å². The SMILES string of the molecule is C[NH+](CC(=O)Nc1c(Cl)cccc1Cl)CC(=O)N[C@@H]1CCCc2ccccc21. The number of nitrogens with one attached hydrogen (secondary N) is 3. The van der Waals surface area contributed by atoms with Crippen LogP contribution in [0.5, 0.6) is 0 Å². The van der Waals surface area contributed by atoms with Crippen molar-refractivity contribution in [2.24, 2.45) is 0 Å². The van der Waals surface area contributed by atoms with E-state index in [1.54, 1.807) is 18.2 Å². The fourth-order valence-corrected chi connectivity index (χ4v) is 4.05. The smallest absolute Gasteiger partial charge is 0.279 e. The van der Waals surface area contributed by atoms with Crippen LogP contribution < -0.4 is 15.5 Å². The van der Waals surface area contributed by atoms with Crippen molar-refractivity contribution < 1.29 is 14.5 Å². The number of rotatable bonds is 6. The summed E-state index contributed by atoms with van der Waals surface area (Å²) in [5, 5.41) is 6.60. The first-order valence-corrected chi connectivity index (χ1v) is 10.1. The topological polar surface area (TPSA) is 62.6 Å². The number of anilines is 1. The molecule has 3 N–H and O–H groups in total. The summed E-state index contributed by atoms with van der Waals surface area (Å²) in [6.07, 6.45) is 3.05. The maximum absolute atomic E-state index is 12.5. The summed E-state index contributed by atoms with van der Waals surface area (Å²) in [5.74, 6) is -0.314. The lowest BCUT2D eigenvalue weighted by atomic mass is 9.88. The first-order chi connectivity index (χ1) is 13.4. The van der Waals surface area contributed by atoms with Crippen molar-refractivity contribution in [3.63, 3.8) is 0 Å². The van der Waals surface area contributed by atoms with Crippen LogP contribution in [0.1, 0.15) is 30.0 Å². The van der Waals surface area contributed by atoms with Crippen LogP contribution in [-0.2, 0) is 16.0 Å². The summed E-state index contributed by atoms with van der Waals surface area (Å²) in [4.78, 5) is 25.5. The average molecular weight is 421 g/mol. The Labute approximate surface area is 175 Å². The van der Waals surface area contributed by atoms with E-state index in [2.05, 4.69) is 22.8 Å². The number of quaternary nitrogens is 1. The average Bonchev–Trinajstić information content (AvgIpc) is 2.65. The highest BCUT2D eigenvalue weighted by molar-refractivity contribution is 6.39. The van der Waals surface area contributed by atoms with Crippen molar-refractivity contribution in [3.05, 3.63) is 63.6 Å². The van der Waals surface area contributed by atoms with E-state index >= 15 is 0 Å². The number of amides is 2. The van der Waals surface area contributed by atoms with Crippen LogP contribution >= 0.6 is 23.2 Å². The molecule has 7 heteroatoms. The summed E-state index contributed by atoms with van der Waals surface area (Å²) in [6, 6.07) is 13.3. The Morgan fingerprint density at radius 1 is 1.04 bits per heavy atom. The van der Waals surface area contributed by atoms with Gasteiger partial charge in [-0.2, -0.15) is 0 Å². The molecule has 2 atom stereocenters. The van der Waals surface area contributed by atoms with Crippen LogP contribution in [0.25, 0.3) is 0 Å². The van der Waals surface area contributed by atoms with Gasteiger partial charge in [0.25, 0.3) is 11.8 Å². The molecule has 3 rings (SSSR count). The van der Waals surface area contributed by atoms with E-state index in [-0.39, 0.29) is 30.9 Å². The normalized spacial score (nSPS) is 16.8. The van der Waals surface area contributed by atoms with E-state index in [0.717, 1.165) is 24.2 Å². The standard InChI is InChI=1S/C21H23Cl2N3O2/c1-26(13-20(28)25-21-16(22)9-5-10-17(21)23)12-19(27)24-18-11-4-7-14-6-2-3-8-15(14)18/h2-3,5-6,8-10,18H,4,7,11-13H2,1H3,(H,24,27)(H,25,28)/p+1/t18-/m1/s1. The van der Waals surface area contributed by atoms with E-state index < -0.39 is 0 Å². The molecule has 0 bridgehead atoms. The van der Waals surface area contributed by atoms with Gasteiger partial charge in [-0.1, -0.05) is 53.5 Å². The first kappa shape index (κ1) is 20.6. The molecular formula is C21H24Cl2N3O2+. The molecule has 1 aliphatic carbocycles. The number of hydrogen-bond acceptors (Lipinski definition) is 2. The number of fused-ring (bicyclic) bond motifs is 1. The van der Waals surface area contributed by atoms with Gasteiger partial charge in [-0.25, -0.2) is 0 Å². The second-order valence-corrected chi connectivity index (χ2v) is 7.98. The lowest BCUT2D eigenvalue weighted by molar-refractivity contribution is -0.862. The van der Waals surface area contributed by atoms with Crippen molar-refractivity contribution in [1.82, 2.24) is 5.32 Å². The third-order valence-corrected chi connectivity index (χ3v) is 5.49. The van der Waals surface area contributed by atoms with Gasteiger partial charge in [-0.05, 0) is 42.5 Å². The van der Waals surface area contributed by atoms with E-state index in [9.17, 15) is 9.59 Å². The zero-order chi connectivity index (χ0) is 20.1. The number of halogens is 2. The van der Waals surface area contributed by atoms with Gasteiger partial charge in [0, 0.05) is 0 Å². The quantitative estimate of drug-likeness (QED) is 0.672. The van der Waals surface area contributed by atoms with Gasteiger partial charge in [0.15, 0.2) is 13.1 Å². The number of benzene rings is 2. The molecule has 2 amide bonds. The monoisotopic (exact) mass is 420 g/mol. The Hall–Kier alpha value is -2.08. The number of hydrogen-bond donors (Lipinski definition) is 3. The van der Waals surface area contributed by atoms with Gasteiger partial charge in [-0.3, -0.25) is 9.59 Å². The lowest BCUT2D eigenvalue weighted by Crippen LogP contribution is -3.11. The molecule has 0 spiro atoms. The number of aryl methyl sites for hydroxylation is 1. The molecule has 2 aromatic carbocycles. The molecule has 0 aliphatic heterocycles. The van der Waals surface area contributed by atoms with Crippen LogP contribution in [0.15, 0.2) is 42.5 Å². The van der Waals surface area contributed by atoms with Crippen LogP contribution in [-0.4, -0.2) is 32.0 Å². The summed E-state index contributed by atoms with van der Waals surface area (Å²) in [7, 11) is 1.81. The summed E-state index contributed by atoms with van der Waals surface area (Å²) in [6.45, 7) is 0.346. The maximum atomic E-state index is 12.5. The Morgan fingerprint density at radius 2 is 1.71 bits per heavy atom. The number of para-hydroxylation sites is 1. The van der Waals surface area contributed by atoms with Gasteiger partial charge in [0.2, 0.25) is 0 Å². The predicted molar refractivity (Wildman–Crippen MR) is 112 cm³/mol. The fraction of sp³-hybridized carbons (Fsp3) is 0.333. The van der Waals surface area contributed by atoms with Gasteiger partial charge in [-0.15, -0.1) is 0 Å². The number of likely N-dealkylation sites (N-methyl/N-ethyl adjacent to an activating group) is 1. The summed E-state index contributed by atoms with van der Waals surface area (Å²) < 4.78 is 0. The van der Waals surface area contributed by atoms with Gasteiger partial charge in [0.1, 0.15) is 0 Å². The highest BCUT2D eigenvalue weighted by Gasteiger charge is 2.23. The number of carbonyl (C=O) groups excluding carboxylic acids is 2. The Bertz CT molecular complexity index is 852. The summed E-state index contributed by atoms with van der Waals surface area (Å²) in [5.41, 5.74) is 2.90. The minimum Gasteiger partial charge on any atom is -0.344 e. The zero-order valence-electron chi connectivity index (χ0n) is 15.7. The van der Waals surface area contributed by atoms with E-state index in [0.29, 0.717) is 15.7 Å². The minimum atomic E-state index is -0.247. The fourth-order valence-electron chi connectivity index (χ4n) is 3.56. The second-order valence-electron chi connectivity index (χ2n) is 7.17. The van der Waals surface area contributed by atoms with E-state index in [4.69, 9.17) is 23.2 Å². The Morgan fingerprint density at radius 3 is 2.46 bits per heavy atom. The minimum absolute atomic E-state index is 0.0426. The molecule has 0 saturated heterocycles. The summed E-state index contributed by atoms with van der Waals surface area (Å²) >= 11 is 12.1. The van der Waals surface area contributed by atoms with Crippen LogP contribution in [0.2, 0.25) is 10.0 Å². The molecule has 1 unspecified atom stereocenters. The molecule has 0 saturated carbocycles. The van der Waals surface area contributed by atoms with Crippen molar-refractivity contribution >= 4 is 40.7 Å². The lowest BCUT2D eigenvalue weighted by Gasteiger charge is -2.26. The Balaban J connectivity index is 1.52. The molecule has 0 aromatic heterocycles. The molecule has 28 heavy (non-hydrogen) atoms.